The molecule has 180 valence electrons. The summed E-state index contributed by atoms with van der Waals surface area (Å²) in [6, 6.07) is 4.90. The summed E-state index contributed by atoms with van der Waals surface area (Å²) in [6.45, 7) is 10.3. The van der Waals surface area contributed by atoms with E-state index in [2.05, 4.69) is 20.8 Å². The van der Waals surface area contributed by atoms with Crippen LogP contribution in [0.2, 0.25) is 0 Å². The molecule has 4 heterocycles. The highest BCUT2D eigenvalue weighted by atomic mass is 16.6. The van der Waals surface area contributed by atoms with Crippen LogP contribution in [0.4, 0.5) is 16.3 Å². The van der Waals surface area contributed by atoms with Crippen LogP contribution in [0.1, 0.15) is 39.0 Å². The number of amides is 1. The van der Waals surface area contributed by atoms with Crippen molar-refractivity contribution >= 4 is 17.6 Å². The quantitative estimate of drug-likeness (QED) is 0.746. The van der Waals surface area contributed by atoms with E-state index in [4.69, 9.17) is 9.72 Å². The zero-order valence-electron chi connectivity index (χ0n) is 19.8. The van der Waals surface area contributed by atoms with Crippen molar-refractivity contribution in [2.45, 2.75) is 51.2 Å². The number of nitrogens with zero attached hydrogens (tertiary/aromatic N) is 5. The maximum atomic E-state index is 12.0. The highest BCUT2D eigenvalue weighted by Gasteiger charge is 2.53. The van der Waals surface area contributed by atoms with E-state index in [1.807, 2.05) is 24.1 Å². The third-order valence-corrected chi connectivity index (χ3v) is 8.88. The zero-order valence-corrected chi connectivity index (χ0v) is 19.8. The molecule has 1 aromatic rings. The highest BCUT2D eigenvalue weighted by Crippen LogP contribution is 2.51. The van der Waals surface area contributed by atoms with Crippen molar-refractivity contribution in [2.24, 2.45) is 10.8 Å². The molecular weight excluding hydrogens is 418 g/mol. The summed E-state index contributed by atoms with van der Waals surface area (Å²) >= 11 is 0. The molecule has 5 aliphatic rings. The van der Waals surface area contributed by atoms with Gasteiger partial charge in [-0.2, -0.15) is 0 Å². The summed E-state index contributed by atoms with van der Waals surface area (Å²) in [4.78, 5) is 26.2. The monoisotopic (exact) mass is 455 g/mol. The van der Waals surface area contributed by atoms with Crippen LogP contribution in [0.3, 0.4) is 0 Å². The fourth-order valence-electron chi connectivity index (χ4n) is 7.19. The molecule has 8 heteroatoms. The molecule has 3 saturated heterocycles. The molecule has 2 spiro atoms. The number of pyridine rings is 1. The predicted molar refractivity (Wildman–Crippen MR) is 127 cm³/mol. The van der Waals surface area contributed by atoms with Crippen molar-refractivity contribution < 1.29 is 14.6 Å². The van der Waals surface area contributed by atoms with Gasteiger partial charge in [-0.25, -0.2) is 9.78 Å². The second-order valence-corrected chi connectivity index (χ2v) is 11.2. The van der Waals surface area contributed by atoms with E-state index in [0.717, 1.165) is 71.0 Å². The number of likely N-dealkylation sites (tertiary alicyclic amines) is 1. The predicted octanol–water partition coefficient (Wildman–Crippen LogP) is 2.18. The van der Waals surface area contributed by atoms with Crippen molar-refractivity contribution in [1.82, 2.24) is 14.8 Å². The number of aliphatic hydroxyl groups excluding tert-OH is 1. The Hall–Kier alpha value is -2.06. The van der Waals surface area contributed by atoms with Gasteiger partial charge in [-0.15, -0.1) is 0 Å². The van der Waals surface area contributed by atoms with Crippen molar-refractivity contribution in [3.8, 4) is 0 Å². The van der Waals surface area contributed by atoms with E-state index in [0.29, 0.717) is 23.5 Å². The minimum atomic E-state index is -0.145. The number of aliphatic hydroxyl groups is 1. The average Bonchev–Trinajstić information content (AvgIpc) is 3.21. The van der Waals surface area contributed by atoms with Gasteiger partial charge in [-0.05, 0) is 51.2 Å². The number of carbonyl (C=O) groups excluding carboxylic acids is 1. The molecule has 1 amide bonds. The lowest BCUT2D eigenvalue weighted by atomic mass is 9.62. The number of carbonyl (C=O) groups is 1. The molecule has 3 aliphatic heterocycles. The molecular formula is C25H37N5O3. The topological polar surface area (TPSA) is 72.4 Å². The van der Waals surface area contributed by atoms with Gasteiger partial charge in [0.15, 0.2) is 5.82 Å². The second-order valence-electron chi connectivity index (χ2n) is 11.2. The third-order valence-electron chi connectivity index (χ3n) is 8.88. The van der Waals surface area contributed by atoms with Crippen LogP contribution in [0.5, 0.6) is 0 Å². The molecule has 1 unspecified atom stereocenters. The van der Waals surface area contributed by atoms with Gasteiger partial charge in [-0.1, -0.05) is 0 Å². The normalized spacial score (nSPS) is 28.5. The molecule has 1 N–H and O–H groups in total. The molecule has 0 radical (unpaired) electrons. The third kappa shape index (κ3) is 3.75. The molecule has 2 saturated carbocycles. The van der Waals surface area contributed by atoms with Gasteiger partial charge in [0, 0.05) is 75.4 Å². The van der Waals surface area contributed by atoms with Gasteiger partial charge in [0.25, 0.3) is 0 Å². The van der Waals surface area contributed by atoms with Crippen molar-refractivity contribution in [1.29, 1.82) is 0 Å². The minimum Gasteiger partial charge on any atom is -0.450 e. The molecule has 1 aromatic heterocycles. The second kappa shape index (κ2) is 8.01. The maximum Gasteiger partial charge on any atom is 0.409 e. The van der Waals surface area contributed by atoms with E-state index in [9.17, 15) is 9.90 Å². The van der Waals surface area contributed by atoms with Gasteiger partial charge in [0.05, 0.1) is 18.4 Å². The first-order chi connectivity index (χ1) is 16.0. The first kappa shape index (κ1) is 21.5. The van der Waals surface area contributed by atoms with Gasteiger partial charge in [0.1, 0.15) is 0 Å². The standard InChI is InChI=1S/C25H37N5O3/c1-2-33-23(32)30-15-24(16-30)6-5-19(12-24)27-8-10-28(11-9-27)22-21(4-3-7-26-22)29-17-25(18-29)13-20(31)14-25/h3-4,7,19-20,31H,2,5-6,8-18H2,1H3. The molecule has 8 nitrogen and oxygen atoms in total. The number of hydrogen-bond donors (Lipinski definition) is 1. The number of ether oxygens (including phenoxy) is 1. The summed E-state index contributed by atoms with van der Waals surface area (Å²) in [5.41, 5.74) is 1.94. The van der Waals surface area contributed by atoms with Crippen LogP contribution in [-0.4, -0.2) is 97.1 Å². The Morgan fingerprint density at radius 3 is 2.55 bits per heavy atom. The molecule has 1 atom stereocenters. The maximum absolute atomic E-state index is 12.0. The Morgan fingerprint density at radius 1 is 1.09 bits per heavy atom. The summed E-state index contributed by atoms with van der Waals surface area (Å²) < 4.78 is 5.16. The SMILES string of the molecule is CCOC(=O)N1CC2(CCC(N3CCN(c4ncccc4N4CC5(CC(O)C5)C4)CC3)C2)C1. The lowest BCUT2D eigenvalue weighted by molar-refractivity contribution is -0.0491. The molecule has 5 fully saturated rings. The van der Waals surface area contributed by atoms with E-state index in [1.165, 1.54) is 24.9 Å². The number of rotatable bonds is 4. The molecule has 0 aromatic carbocycles. The van der Waals surface area contributed by atoms with E-state index >= 15 is 0 Å². The van der Waals surface area contributed by atoms with E-state index < -0.39 is 0 Å². The largest absolute Gasteiger partial charge is 0.450 e. The number of aromatic nitrogens is 1. The van der Waals surface area contributed by atoms with Crippen LogP contribution in [-0.2, 0) is 4.74 Å². The lowest BCUT2D eigenvalue weighted by Crippen LogP contribution is -2.64. The summed E-state index contributed by atoms with van der Waals surface area (Å²) in [7, 11) is 0. The van der Waals surface area contributed by atoms with Crippen molar-refractivity contribution in [3.05, 3.63) is 18.3 Å². The highest BCUT2D eigenvalue weighted by molar-refractivity contribution is 5.69. The van der Waals surface area contributed by atoms with Crippen LogP contribution < -0.4 is 9.80 Å². The molecule has 0 bridgehead atoms. The fourth-order valence-corrected chi connectivity index (χ4v) is 7.19. The van der Waals surface area contributed by atoms with Crippen LogP contribution in [0.25, 0.3) is 0 Å². The molecule has 2 aliphatic carbocycles. The summed E-state index contributed by atoms with van der Waals surface area (Å²) in [5.74, 6) is 1.12. The van der Waals surface area contributed by atoms with Crippen molar-refractivity contribution in [3.63, 3.8) is 0 Å². The van der Waals surface area contributed by atoms with Crippen LogP contribution in [0, 0.1) is 10.8 Å². The van der Waals surface area contributed by atoms with Crippen LogP contribution >= 0.6 is 0 Å². The van der Waals surface area contributed by atoms with Gasteiger partial charge in [0.2, 0.25) is 0 Å². The first-order valence-corrected chi connectivity index (χ1v) is 12.8. The Balaban J connectivity index is 1.02. The number of anilines is 2. The zero-order chi connectivity index (χ0) is 22.6. The Morgan fingerprint density at radius 2 is 1.85 bits per heavy atom. The minimum absolute atomic E-state index is 0.0866. The van der Waals surface area contributed by atoms with Gasteiger partial charge >= 0.3 is 6.09 Å². The lowest BCUT2D eigenvalue weighted by Gasteiger charge is -2.59. The Bertz CT molecular complexity index is 882. The van der Waals surface area contributed by atoms with E-state index in [1.54, 1.807) is 0 Å². The Kier molecular flexibility index (Phi) is 5.21. The molecule has 6 rings (SSSR count). The van der Waals surface area contributed by atoms with E-state index in [-0.39, 0.29) is 12.2 Å². The fraction of sp³-hybridized carbons (Fsp3) is 0.760. The number of piperazine rings is 1. The van der Waals surface area contributed by atoms with Gasteiger partial charge < -0.3 is 24.5 Å². The summed E-state index contributed by atoms with van der Waals surface area (Å²) in [5, 5.41) is 9.72. The Labute approximate surface area is 196 Å². The van der Waals surface area contributed by atoms with Gasteiger partial charge in [-0.3, -0.25) is 4.90 Å². The number of hydrogen-bond acceptors (Lipinski definition) is 7. The van der Waals surface area contributed by atoms with Crippen molar-refractivity contribution in [2.75, 3.05) is 68.8 Å². The molecule has 33 heavy (non-hydrogen) atoms. The average molecular weight is 456 g/mol. The summed E-state index contributed by atoms with van der Waals surface area (Å²) in [6.07, 6.45) is 7.28. The smallest absolute Gasteiger partial charge is 0.409 e. The van der Waals surface area contributed by atoms with Crippen LogP contribution in [0.15, 0.2) is 18.3 Å². The first-order valence-electron chi connectivity index (χ1n) is 12.8.